The number of halogens is 1. The molecule has 1 aromatic heterocycles. The van der Waals surface area contributed by atoms with Crippen molar-refractivity contribution in [1.29, 1.82) is 0 Å². The van der Waals surface area contributed by atoms with Crippen LogP contribution < -0.4 is 11.1 Å². The molecule has 0 radical (unpaired) electrons. The second-order valence-corrected chi connectivity index (χ2v) is 4.06. The van der Waals surface area contributed by atoms with E-state index in [4.69, 9.17) is 21.8 Å². The molecule has 0 unspecified atom stereocenters. The van der Waals surface area contributed by atoms with Crippen molar-refractivity contribution in [2.75, 3.05) is 11.9 Å². The lowest BCUT2D eigenvalue weighted by molar-refractivity contribution is 0.0996. The minimum Gasteiger partial charge on any atom is -0.459 e. The van der Waals surface area contributed by atoms with Gasteiger partial charge in [-0.2, -0.15) is 0 Å². The van der Waals surface area contributed by atoms with E-state index in [9.17, 15) is 4.79 Å². The normalized spacial score (nSPS) is 9.58. The first-order chi connectivity index (χ1) is 9.20. The van der Waals surface area contributed by atoms with Crippen LogP contribution in [0.1, 0.15) is 16.1 Å². The Labute approximate surface area is 115 Å². The molecule has 2 rings (SSSR count). The molecule has 0 saturated carbocycles. The van der Waals surface area contributed by atoms with Crippen LogP contribution in [0.4, 0.5) is 5.69 Å². The summed E-state index contributed by atoms with van der Waals surface area (Å²) in [7, 11) is 0. The second kappa shape index (κ2) is 6.10. The fraction of sp³-hybridized carbons (Fsp3) is 0.0714. The summed E-state index contributed by atoms with van der Waals surface area (Å²) in [4.78, 5) is 11.9. The van der Waals surface area contributed by atoms with E-state index in [0.717, 1.165) is 0 Å². The molecule has 19 heavy (non-hydrogen) atoms. The molecule has 4 nitrogen and oxygen atoms in total. The van der Waals surface area contributed by atoms with Crippen molar-refractivity contribution >= 4 is 23.2 Å². The Bertz CT molecular complexity index is 639. The number of hydrogen-bond donors (Lipinski definition) is 2. The van der Waals surface area contributed by atoms with Gasteiger partial charge in [0.2, 0.25) is 0 Å². The van der Waals surface area contributed by atoms with Crippen molar-refractivity contribution in [3.63, 3.8) is 0 Å². The highest BCUT2D eigenvalue weighted by molar-refractivity contribution is 6.31. The first kappa shape index (κ1) is 13.2. The van der Waals surface area contributed by atoms with Gasteiger partial charge in [-0.25, -0.2) is 0 Å². The van der Waals surface area contributed by atoms with E-state index in [0.29, 0.717) is 16.3 Å². The van der Waals surface area contributed by atoms with Crippen LogP contribution >= 0.6 is 11.6 Å². The third kappa shape index (κ3) is 3.38. The van der Waals surface area contributed by atoms with Crippen LogP contribution in [0, 0.1) is 11.8 Å². The number of amides is 1. The minimum absolute atomic E-state index is 0.220. The predicted molar refractivity (Wildman–Crippen MR) is 74.0 cm³/mol. The number of furan rings is 1. The van der Waals surface area contributed by atoms with Crippen molar-refractivity contribution in [1.82, 2.24) is 0 Å². The number of anilines is 1. The number of rotatable bonds is 2. The molecule has 1 aromatic carbocycles. The molecule has 0 atom stereocenters. The van der Waals surface area contributed by atoms with Crippen molar-refractivity contribution in [2.45, 2.75) is 0 Å². The van der Waals surface area contributed by atoms with Crippen molar-refractivity contribution < 1.29 is 9.21 Å². The monoisotopic (exact) mass is 274 g/mol. The minimum atomic E-state index is -0.358. The SMILES string of the molecule is NCC#Cc1ccc(Cl)cc1NC(=O)c1ccco1. The number of carbonyl (C=O) groups is 1. The molecular formula is C14H11ClN2O2. The van der Waals surface area contributed by atoms with Gasteiger partial charge in [-0.3, -0.25) is 4.79 Å². The lowest BCUT2D eigenvalue weighted by atomic mass is 10.1. The number of benzene rings is 1. The first-order valence-electron chi connectivity index (χ1n) is 5.54. The van der Waals surface area contributed by atoms with Gasteiger partial charge in [0.1, 0.15) is 0 Å². The highest BCUT2D eigenvalue weighted by Gasteiger charge is 2.11. The van der Waals surface area contributed by atoms with E-state index in [1.807, 2.05) is 0 Å². The number of nitrogens with two attached hydrogens (primary N) is 1. The fourth-order valence-corrected chi connectivity index (χ4v) is 1.64. The average molecular weight is 275 g/mol. The maximum atomic E-state index is 11.9. The molecule has 2 aromatic rings. The first-order valence-corrected chi connectivity index (χ1v) is 5.92. The molecule has 5 heteroatoms. The molecule has 0 fully saturated rings. The van der Waals surface area contributed by atoms with Crippen LogP contribution in [-0.2, 0) is 0 Å². The predicted octanol–water partition coefficient (Wildman–Crippen LogP) is 2.50. The molecule has 0 saturated heterocycles. The summed E-state index contributed by atoms with van der Waals surface area (Å²) >= 11 is 5.91. The van der Waals surface area contributed by atoms with Crippen molar-refractivity contribution in [3.05, 3.63) is 52.9 Å². The lowest BCUT2D eigenvalue weighted by Gasteiger charge is -2.06. The maximum absolute atomic E-state index is 11.9. The van der Waals surface area contributed by atoms with Crippen molar-refractivity contribution in [3.8, 4) is 11.8 Å². The molecule has 0 aliphatic rings. The van der Waals surface area contributed by atoms with E-state index < -0.39 is 0 Å². The van der Waals surface area contributed by atoms with Gasteiger partial charge in [-0.15, -0.1) is 0 Å². The summed E-state index contributed by atoms with van der Waals surface area (Å²) in [5, 5.41) is 3.21. The number of nitrogens with one attached hydrogen (secondary N) is 1. The number of carbonyl (C=O) groups excluding carboxylic acids is 1. The van der Waals surface area contributed by atoms with Crippen molar-refractivity contribution in [2.24, 2.45) is 5.73 Å². The van der Waals surface area contributed by atoms with Gasteiger partial charge in [0.25, 0.3) is 5.91 Å². The van der Waals surface area contributed by atoms with E-state index >= 15 is 0 Å². The highest BCUT2D eigenvalue weighted by atomic mass is 35.5. The smallest absolute Gasteiger partial charge is 0.291 e. The largest absolute Gasteiger partial charge is 0.459 e. The fourth-order valence-electron chi connectivity index (χ4n) is 1.47. The third-order valence-electron chi connectivity index (χ3n) is 2.30. The zero-order chi connectivity index (χ0) is 13.7. The summed E-state index contributed by atoms with van der Waals surface area (Å²) in [6.45, 7) is 0.244. The highest BCUT2D eigenvalue weighted by Crippen LogP contribution is 2.21. The topological polar surface area (TPSA) is 68.3 Å². The van der Waals surface area contributed by atoms with Gasteiger partial charge in [-0.1, -0.05) is 23.4 Å². The summed E-state index contributed by atoms with van der Waals surface area (Å²) < 4.78 is 5.02. The van der Waals surface area contributed by atoms with Crippen LogP contribution in [0.25, 0.3) is 0 Å². The summed E-state index contributed by atoms with van der Waals surface area (Å²) in [6.07, 6.45) is 1.43. The van der Waals surface area contributed by atoms with Gasteiger partial charge in [0, 0.05) is 10.6 Å². The Morgan fingerprint density at radius 1 is 1.42 bits per heavy atom. The van der Waals surface area contributed by atoms with Crippen LogP contribution in [-0.4, -0.2) is 12.5 Å². The Balaban J connectivity index is 2.28. The lowest BCUT2D eigenvalue weighted by Crippen LogP contribution is -2.12. The standard InChI is InChI=1S/C14H11ClN2O2/c15-11-6-5-10(3-1-7-16)12(9-11)17-14(18)13-4-2-8-19-13/h2,4-6,8-9H,7,16H2,(H,17,18). The molecule has 0 aliphatic heterocycles. The van der Waals surface area contributed by atoms with Crippen LogP contribution in [0.15, 0.2) is 41.0 Å². The zero-order valence-corrected chi connectivity index (χ0v) is 10.7. The molecule has 1 amide bonds. The molecule has 96 valence electrons. The summed E-state index contributed by atoms with van der Waals surface area (Å²) in [5.41, 5.74) is 6.50. The van der Waals surface area contributed by atoms with Crippen LogP contribution in [0.2, 0.25) is 5.02 Å². The van der Waals surface area contributed by atoms with Gasteiger partial charge in [-0.05, 0) is 30.3 Å². The van der Waals surface area contributed by atoms with Gasteiger partial charge < -0.3 is 15.5 Å². The average Bonchev–Trinajstić information content (AvgIpc) is 2.92. The van der Waals surface area contributed by atoms with Gasteiger partial charge in [0.15, 0.2) is 5.76 Å². The summed E-state index contributed by atoms with van der Waals surface area (Å²) in [6, 6.07) is 8.27. The van der Waals surface area contributed by atoms with Gasteiger partial charge >= 0.3 is 0 Å². The Hall–Kier alpha value is -2.22. The van der Waals surface area contributed by atoms with Crippen LogP contribution in [0.5, 0.6) is 0 Å². The summed E-state index contributed by atoms with van der Waals surface area (Å²) in [5.74, 6) is 5.47. The van der Waals surface area contributed by atoms with E-state index in [1.165, 1.54) is 6.26 Å². The Morgan fingerprint density at radius 2 is 2.26 bits per heavy atom. The molecule has 1 heterocycles. The molecule has 0 aliphatic carbocycles. The zero-order valence-electron chi connectivity index (χ0n) is 9.94. The molecule has 0 bridgehead atoms. The van der Waals surface area contributed by atoms with E-state index in [2.05, 4.69) is 17.2 Å². The second-order valence-electron chi connectivity index (χ2n) is 3.63. The maximum Gasteiger partial charge on any atom is 0.291 e. The quantitative estimate of drug-likeness (QED) is 0.827. The Kier molecular flexibility index (Phi) is 4.24. The molecular weight excluding hydrogens is 264 g/mol. The van der Waals surface area contributed by atoms with Crippen LogP contribution in [0.3, 0.4) is 0 Å². The van der Waals surface area contributed by atoms with Gasteiger partial charge in [0.05, 0.1) is 18.5 Å². The van der Waals surface area contributed by atoms with E-state index in [1.54, 1.807) is 30.3 Å². The molecule has 0 spiro atoms. The molecule has 3 N–H and O–H groups in total. The third-order valence-corrected chi connectivity index (χ3v) is 2.53. The number of hydrogen-bond acceptors (Lipinski definition) is 3. The van der Waals surface area contributed by atoms with E-state index in [-0.39, 0.29) is 18.2 Å². The Morgan fingerprint density at radius 3 is 2.95 bits per heavy atom.